The molecule has 2 aliphatic rings. The predicted molar refractivity (Wildman–Crippen MR) is 90.2 cm³/mol. The second-order valence-corrected chi connectivity index (χ2v) is 7.34. The summed E-state index contributed by atoms with van der Waals surface area (Å²) in [4.78, 5) is 24.7. The van der Waals surface area contributed by atoms with E-state index in [1.807, 2.05) is 26.0 Å². The standard InChI is InChI=1S/C17H29N5O/c1-21(2)9-10-22(3)16(23)14-11-13-15(19-12-18-13)17(20-14)7-5-4-6-8-17/h12,14,20H,4-11H2,1-3H3,(H,18,19)/t14-/m0/s1. The molecule has 1 fully saturated rings. The molecule has 1 amide bonds. The summed E-state index contributed by atoms with van der Waals surface area (Å²) < 4.78 is 0. The number of carbonyl (C=O) groups excluding carboxylic acids is 1. The molecule has 0 bridgehead atoms. The third-order valence-electron chi connectivity index (χ3n) is 5.29. The maximum Gasteiger partial charge on any atom is 0.239 e. The molecule has 1 aliphatic carbocycles. The van der Waals surface area contributed by atoms with Crippen molar-refractivity contribution in [2.24, 2.45) is 0 Å². The number of aromatic nitrogens is 2. The predicted octanol–water partition coefficient (Wildman–Crippen LogP) is 1.10. The van der Waals surface area contributed by atoms with Crippen molar-refractivity contribution >= 4 is 5.91 Å². The quantitative estimate of drug-likeness (QED) is 0.872. The number of carbonyl (C=O) groups is 1. The molecule has 1 aromatic heterocycles. The molecule has 23 heavy (non-hydrogen) atoms. The van der Waals surface area contributed by atoms with Gasteiger partial charge in [0, 0.05) is 32.3 Å². The molecule has 0 unspecified atom stereocenters. The number of likely N-dealkylation sites (N-methyl/N-ethyl adjacent to an activating group) is 2. The molecule has 6 nitrogen and oxygen atoms in total. The van der Waals surface area contributed by atoms with Gasteiger partial charge in [-0.3, -0.25) is 10.1 Å². The molecule has 1 aromatic rings. The Hall–Kier alpha value is -1.40. The largest absolute Gasteiger partial charge is 0.348 e. The van der Waals surface area contributed by atoms with Gasteiger partial charge in [-0.15, -0.1) is 0 Å². The lowest BCUT2D eigenvalue weighted by Gasteiger charge is -2.44. The summed E-state index contributed by atoms with van der Waals surface area (Å²) in [7, 11) is 5.97. The molecule has 0 aromatic carbocycles. The fourth-order valence-electron chi connectivity index (χ4n) is 3.96. The highest BCUT2D eigenvalue weighted by atomic mass is 16.2. The SMILES string of the molecule is CN(C)CCN(C)C(=O)[C@@H]1Cc2[nH]cnc2C2(CCCCC2)N1. The van der Waals surface area contributed by atoms with Crippen LogP contribution in [0.2, 0.25) is 0 Å². The number of hydrogen-bond donors (Lipinski definition) is 2. The summed E-state index contributed by atoms with van der Waals surface area (Å²) in [5, 5.41) is 3.69. The van der Waals surface area contributed by atoms with Gasteiger partial charge >= 0.3 is 0 Å². The minimum atomic E-state index is -0.145. The Morgan fingerprint density at radius 3 is 2.70 bits per heavy atom. The van der Waals surface area contributed by atoms with E-state index in [4.69, 9.17) is 0 Å². The van der Waals surface area contributed by atoms with Crippen molar-refractivity contribution in [3.8, 4) is 0 Å². The van der Waals surface area contributed by atoms with Crippen LogP contribution in [-0.2, 0) is 16.8 Å². The number of rotatable bonds is 4. The lowest BCUT2D eigenvalue weighted by Crippen LogP contribution is -2.59. The summed E-state index contributed by atoms with van der Waals surface area (Å²) in [5.41, 5.74) is 2.19. The number of nitrogens with one attached hydrogen (secondary N) is 2. The number of amides is 1. The van der Waals surface area contributed by atoms with E-state index in [0.29, 0.717) is 6.42 Å². The molecule has 1 spiro atoms. The number of hydrogen-bond acceptors (Lipinski definition) is 4. The summed E-state index contributed by atoms with van der Waals surface area (Å²) in [5.74, 6) is 0.192. The zero-order valence-corrected chi connectivity index (χ0v) is 14.6. The van der Waals surface area contributed by atoms with Gasteiger partial charge in [0.1, 0.15) is 0 Å². The highest BCUT2D eigenvalue weighted by molar-refractivity contribution is 5.82. The van der Waals surface area contributed by atoms with Gasteiger partial charge in [0.15, 0.2) is 0 Å². The molecule has 0 saturated heterocycles. The van der Waals surface area contributed by atoms with Crippen molar-refractivity contribution in [3.63, 3.8) is 0 Å². The summed E-state index contributed by atoms with van der Waals surface area (Å²) in [6.07, 6.45) is 8.34. The zero-order valence-electron chi connectivity index (χ0n) is 14.6. The molecule has 0 radical (unpaired) electrons. The maximum atomic E-state index is 12.9. The molecule has 1 aliphatic heterocycles. The molecule has 3 rings (SSSR count). The number of nitrogens with zero attached hydrogens (tertiary/aromatic N) is 3. The normalized spacial score (nSPS) is 23.0. The Labute approximate surface area is 138 Å². The number of aromatic amines is 1. The van der Waals surface area contributed by atoms with E-state index >= 15 is 0 Å². The third kappa shape index (κ3) is 3.28. The van der Waals surface area contributed by atoms with Crippen LogP contribution < -0.4 is 5.32 Å². The van der Waals surface area contributed by atoms with E-state index in [2.05, 4.69) is 20.2 Å². The highest BCUT2D eigenvalue weighted by Gasteiger charge is 2.44. The minimum absolute atomic E-state index is 0.103. The number of H-pyrrole nitrogens is 1. The lowest BCUT2D eigenvalue weighted by molar-refractivity contribution is -0.133. The fourth-order valence-corrected chi connectivity index (χ4v) is 3.96. The molecule has 2 heterocycles. The van der Waals surface area contributed by atoms with Crippen LogP contribution in [0.25, 0.3) is 0 Å². The highest BCUT2D eigenvalue weighted by Crippen LogP contribution is 2.40. The van der Waals surface area contributed by atoms with Crippen LogP contribution in [0, 0.1) is 0 Å². The van der Waals surface area contributed by atoms with Gasteiger partial charge in [0.2, 0.25) is 5.91 Å². The second kappa shape index (κ2) is 6.61. The van der Waals surface area contributed by atoms with Gasteiger partial charge in [0.25, 0.3) is 0 Å². The van der Waals surface area contributed by atoms with E-state index < -0.39 is 0 Å². The average Bonchev–Trinajstić information content (AvgIpc) is 3.02. The van der Waals surface area contributed by atoms with Gasteiger partial charge in [-0.2, -0.15) is 0 Å². The zero-order chi connectivity index (χ0) is 16.4. The van der Waals surface area contributed by atoms with Gasteiger partial charge in [-0.1, -0.05) is 19.3 Å². The van der Waals surface area contributed by atoms with E-state index in [1.165, 1.54) is 19.3 Å². The molecule has 2 N–H and O–H groups in total. The summed E-state index contributed by atoms with van der Waals surface area (Å²) in [6, 6.07) is -0.145. The summed E-state index contributed by atoms with van der Waals surface area (Å²) in [6.45, 7) is 1.64. The van der Waals surface area contributed by atoms with Crippen molar-refractivity contribution in [3.05, 3.63) is 17.7 Å². The van der Waals surface area contributed by atoms with Crippen LogP contribution in [0.5, 0.6) is 0 Å². The number of imidazole rings is 1. The molecule has 128 valence electrons. The molecule has 6 heteroatoms. The van der Waals surface area contributed by atoms with Crippen molar-refractivity contribution in [2.75, 3.05) is 34.2 Å². The Balaban J connectivity index is 1.76. The van der Waals surface area contributed by atoms with E-state index in [9.17, 15) is 4.79 Å². The first-order valence-corrected chi connectivity index (χ1v) is 8.72. The van der Waals surface area contributed by atoms with E-state index in [0.717, 1.165) is 37.3 Å². The van der Waals surface area contributed by atoms with E-state index in [-0.39, 0.29) is 17.5 Å². The van der Waals surface area contributed by atoms with Gasteiger partial charge in [0.05, 0.1) is 23.6 Å². The van der Waals surface area contributed by atoms with Crippen molar-refractivity contribution < 1.29 is 4.79 Å². The van der Waals surface area contributed by atoms with Gasteiger partial charge in [-0.25, -0.2) is 4.98 Å². The summed E-state index contributed by atoms with van der Waals surface area (Å²) >= 11 is 0. The maximum absolute atomic E-state index is 12.9. The fraction of sp³-hybridized carbons (Fsp3) is 0.765. The van der Waals surface area contributed by atoms with Crippen LogP contribution in [-0.4, -0.2) is 65.9 Å². The Kier molecular flexibility index (Phi) is 4.73. The smallest absolute Gasteiger partial charge is 0.239 e. The Bertz CT molecular complexity index is 547. The molecule has 1 saturated carbocycles. The monoisotopic (exact) mass is 319 g/mol. The minimum Gasteiger partial charge on any atom is -0.348 e. The topological polar surface area (TPSA) is 64.3 Å². The Morgan fingerprint density at radius 1 is 1.26 bits per heavy atom. The van der Waals surface area contributed by atoms with Crippen molar-refractivity contribution in [1.29, 1.82) is 0 Å². The first-order chi connectivity index (χ1) is 11.0. The van der Waals surface area contributed by atoms with Gasteiger partial charge < -0.3 is 14.8 Å². The molecular weight excluding hydrogens is 290 g/mol. The second-order valence-electron chi connectivity index (χ2n) is 7.34. The Morgan fingerprint density at radius 2 is 2.00 bits per heavy atom. The first-order valence-electron chi connectivity index (χ1n) is 8.72. The van der Waals surface area contributed by atoms with Crippen molar-refractivity contribution in [2.45, 2.75) is 50.1 Å². The van der Waals surface area contributed by atoms with Crippen LogP contribution in [0.3, 0.4) is 0 Å². The molecule has 1 atom stereocenters. The molecular formula is C17H29N5O. The van der Waals surface area contributed by atoms with Crippen LogP contribution in [0.15, 0.2) is 6.33 Å². The first kappa shape index (κ1) is 16.5. The van der Waals surface area contributed by atoms with Crippen LogP contribution in [0.1, 0.15) is 43.5 Å². The van der Waals surface area contributed by atoms with Crippen molar-refractivity contribution in [1.82, 2.24) is 25.1 Å². The van der Waals surface area contributed by atoms with Crippen LogP contribution in [0.4, 0.5) is 0 Å². The van der Waals surface area contributed by atoms with E-state index in [1.54, 1.807) is 6.33 Å². The van der Waals surface area contributed by atoms with Crippen LogP contribution >= 0.6 is 0 Å². The average molecular weight is 319 g/mol. The number of fused-ring (bicyclic) bond motifs is 2. The van der Waals surface area contributed by atoms with Gasteiger partial charge in [-0.05, 0) is 26.9 Å². The third-order valence-corrected chi connectivity index (χ3v) is 5.29. The lowest BCUT2D eigenvalue weighted by atomic mass is 9.75.